The first-order valence-corrected chi connectivity index (χ1v) is 6.91. The van der Waals surface area contributed by atoms with Crippen molar-refractivity contribution in [1.29, 1.82) is 0 Å². The number of nitrogens with one attached hydrogen (secondary N) is 1. The van der Waals surface area contributed by atoms with E-state index in [4.69, 9.17) is 14.2 Å². The zero-order valence-electron chi connectivity index (χ0n) is 11.8. The summed E-state index contributed by atoms with van der Waals surface area (Å²) in [6.07, 6.45) is 1.76. The van der Waals surface area contributed by atoms with Crippen molar-refractivity contribution in [3.05, 3.63) is 29.8 Å². The Balaban J connectivity index is 1.61. The van der Waals surface area contributed by atoms with Crippen molar-refractivity contribution in [2.24, 2.45) is 0 Å². The highest BCUT2D eigenvalue weighted by Crippen LogP contribution is 2.12. The van der Waals surface area contributed by atoms with E-state index >= 15 is 0 Å². The maximum atomic E-state index is 11.7. The van der Waals surface area contributed by atoms with E-state index in [0.29, 0.717) is 32.6 Å². The Morgan fingerprint density at radius 3 is 2.65 bits per heavy atom. The molecule has 1 aliphatic rings. The highest BCUT2D eigenvalue weighted by atomic mass is 16.7. The summed E-state index contributed by atoms with van der Waals surface area (Å²) in [6.45, 7) is 1.89. The normalized spacial score (nSPS) is 15.2. The van der Waals surface area contributed by atoms with Crippen molar-refractivity contribution < 1.29 is 19.0 Å². The minimum atomic E-state index is -0.156. The van der Waals surface area contributed by atoms with Gasteiger partial charge in [0.05, 0.1) is 20.3 Å². The maximum Gasteiger partial charge on any atom is 0.220 e. The minimum Gasteiger partial charge on any atom is -0.497 e. The van der Waals surface area contributed by atoms with Crippen LogP contribution in [0.15, 0.2) is 24.3 Å². The number of hydrogen-bond acceptors (Lipinski definition) is 4. The quantitative estimate of drug-likeness (QED) is 0.822. The van der Waals surface area contributed by atoms with Crippen molar-refractivity contribution in [3.63, 3.8) is 0 Å². The molecule has 1 saturated heterocycles. The molecule has 1 aromatic rings. The largest absolute Gasteiger partial charge is 0.497 e. The van der Waals surface area contributed by atoms with Gasteiger partial charge in [-0.05, 0) is 24.1 Å². The molecule has 0 unspecified atom stereocenters. The lowest BCUT2D eigenvalue weighted by atomic mass is 10.1. The summed E-state index contributed by atoms with van der Waals surface area (Å²) in [6, 6.07) is 7.77. The molecular formula is C15H21NO4. The summed E-state index contributed by atoms with van der Waals surface area (Å²) < 4.78 is 15.7. The number of amides is 1. The van der Waals surface area contributed by atoms with Crippen LogP contribution in [0.2, 0.25) is 0 Å². The molecule has 1 amide bonds. The summed E-state index contributed by atoms with van der Waals surface area (Å²) in [4.78, 5) is 11.7. The second-order valence-electron chi connectivity index (χ2n) is 4.66. The van der Waals surface area contributed by atoms with Crippen LogP contribution in [0.25, 0.3) is 0 Å². The fourth-order valence-electron chi connectivity index (χ4n) is 2.04. The summed E-state index contributed by atoms with van der Waals surface area (Å²) in [7, 11) is 1.64. The van der Waals surface area contributed by atoms with Gasteiger partial charge in [-0.25, -0.2) is 0 Å². The third-order valence-corrected chi connectivity index (χ3v) is 3.19. The smallest absolute Gasteiger partial charge is 0.220 e. The Kier molecular flexibility index (Phi) is 5.83. The second-order valence-corrected chi connectivity index (χ2v) is 4.66. The van der Waals surface area contributed by atoms with Gasteiger partial charge in [0.25, 0.3) is 0 Å². The van der Waals surface area contributed by atoms with Crippen LogP contribution in [0.1, 0.15) is 18.4 Å². The molecular weight excluding hydrogens is 258 g/mol. The van der Waals surface area contributed by atoms with Gasteiger partial charge in [0.2, 0.25) is 5.91 Å². The molecule has 1 aromatic carbocycles. The molecule has 110 valence electrons. The molecule has 0 atom stereocenters. The molecule has 0 bridgehead atoms. The molecule has 0 aliphatic carbocycles. The van der Waals surface area contributed by atoms with Gasteiger partial charge in [0, 0.05) is 19.4 Å². The zero-order chi connectivity index (χ0) is 14.2. The van der Waals surface area contributed by atoms with E-state index in [-0.39, 0.29) is 12.2 Å². The highest BCUT2D eigenvalue weighted by Gasteiger charge is 2.15. The molecule has 0 aromatic heterocycles. The van der Waals surface area contributed by atoms with Crippen LogP contribution < -0.4 is 10.1 Å². The van der Waals surface area contributed by atoms with Crippen LogP contribution >= 0.6 is 0 Å². The van der Waals surface area contributed by atoms with Crippen LogP contribution in [0, 0.1) is 0 Å². The van der Waals surface area contributed by atoms with Gasteiger partial charge < -0.3 is 19.5 Å². The fraction of sp³-hybridized carbons (Fsp3) is 0.533. The average Bonchev–Trinajstić information content (AvgIpc) is 2.99. The van der Waals surface area contributed by atoms with Crippen LogP contribution in [0.3, 0.4) is 0 Å². The van der Waals surface area contributed by atoms with E-state index in [2.05, 4.69) is 5.32 Å². The van der Waals surface area contributed by atoms with Crippen molar-refractivity contribution in [2.75, 3.05) is 26.9 Å². The number of aryl methyl sites for hydroxylation is 1. The minimum absolute atomic E-state index is 0.0545. The van der Waals surface area contributed by atoms with Gasteiger partial charge in [-0.1, -0.05) is 12.1 Å². The monoisotopic (exact) mass is 279 g/mol. The first-order chi connectivity index (χ1) is 9.78. The molecule has 0 saturated carbocycles. The Labute approximate surface area is 119 Å². The SMILES string of the molecule is COc1ccc(CCC(=O)NCCC2OCCO2)cc1. The summed E-state index contributed by atoms with van der Waals surface area (Å²) in [5.74, 6) is 0.883. The van der Waals surface area contributed by atoms with E-state index in [9.17, 15) is 4.79 Å². The average molecular weight is 279 g/mol. The van der Waals surface area contributed by atoms with Gasteiger partial charge in [-0.2, -0.15) is 0 Å². The molecule has 5 heteroatoms. The lowest BCUT2D eigenvalue weighted by Gasteiger charge is -2.09. The fourth-order valence-corrected chi connectivity index (χ4v) is 2.04. The van der Waals surface area contributed by atoms with Gasteiger partial charge in [-0.15, -0.1) is 0 Å². The lowest BCUT2D eigenvalue weighted by Crippen LogP contribution is -2.27. The van der Waals surface area contributed by atoms with Crippen molar-refractivity contribution in [1.82, 2.24) is 5.32 Å². The van der Waals surface area contributed by atoms with E-state index in [0.717, 1.165) is 17.7 Å². The zero-order valence-corrected chi connectivity index (χ0v) is 11.8. The molecule has 1 aliphatic heterocycles. The number of hydrogen-bond donors (Lipinski definition) is 1. The Bertz CT molecular complexity index is 412. The van der Waals surface area contributed by atoms with Crippen LogP contribution in [0.5, 0.6) is 5.75 Å². The van der Waals surface area contributed by atoms with E-state index in [1.54, 1.807) is 7.11 Å². The molecule has 20 heavy (non-hydrogen) atoms. The molecule has 0 spiro atoms. The third-order valence-electron chi connectivity index (χ3n) is 3.19. The van der Waals surface area contributed by atoms with E-state index < -0.39 is 0 Å². The Morgan fingerprint density at radius 1 is 1.30 bits per heavy atom. The van der Waals surface area contributed by atoms with Gasteiger partial charge in [0.1, 0.15) is 5.75 Å². The molecule has 5 nitrogen and oxygen atoms in total. The van der Waals surface area contributed by atoms with Gasteiger partial charge in [-0.3, -0.25) is 4.79 Å². The van der Waals surface area contributed by atoms with Crippen LogP contribution in [-0.2, 0) is 20.7 Å². The van der Waals surface area contributed by atoms with E-state index in [1.807, 2.05) is 24.3 Å². The number of benzene rings is 1. The van der Waals surface area contributed by atoms with Gasteiger partial charge >= 0.3 is 0 Å². The second kappa shape index (κ2) is 7.87. The molecule has 1 N–H and O–H groups in total. The van der Waals surface area contributed by atoms with Crippen molar-refractivity contribution in [2.45, 2.75) is 25.6 Å². The number of methoxy groups -OCH3 is 1. The maximum absolute atomic E-state index is 11.7. The summed E-state index contributed by atoms with van der Waals surface area (Å²) in [5, 5.41) is 2.88. The number of ether oxygens (including phenoxy) is 3. The van der Waals surface area contributed by atoms with Crippen LogP contribution in [-0.4, -0.2) is 39.1 Å². The van der Waals surface area contributed by atoms with Crippen molar-refractivity contribution in [3.8, 4) is 5.75 Å². The number of carbonyl (C=O) groups excluding carboxylic acids is 1. The van der Waals surface area contributed by atoms with Crippen molar-refractivity contribution >= 4 is 5.91 Å². The first kappa shape index (κ1) is 14.8. The molecule has 1 fully saturated rings. The molecule has 1 heterocycles. The lowest BCUT2D eigenvalue weighted by molar-refractivity contribution is -0.121. The predicted octanol–water partition coefficient (Wildman–Crippen LogP) is 1.51. The third kappa shape index (κ3) is 4.83. The Morgan fingerprint density at radius 2 is 2.00 bits per heavy atom. The van der Waals surface area contributed by atoms with Gasteiger partial charge in [0.15, 0.2) is 6.29 Å². The standard InChI is InChI=1S/C15H21NO4/c1-18-13-5-2-12(3-6-13)4-7-14(17)16-9-8-15-19-10-11-20-15/h2-3,5-6,15H,4,7-11H2,1H3,(H,16,17). The topological polar surface area (TPSA) is 56.8 Å². The summed E-state index contributed by atoms with van der Waals surface area (Å²) in [5.41, 5.74) is 1.13. The predicted molar refractivity (Wildman–Crippen MR) is 74.6 cm³/mol. The first-order valence-electron chi connectivity index (χ1n) is 6.91. The van der Waals surface area contributed by atoms with E-state index in [1.165, 1.54) is 0 Å². The van der Waals surface area contributed by atoms with Crippen LogP contribution in [0.4, 0.5) is 0 Å². The highest BCUT2D eigenvalue weighted by molar-refractivity contribution is 5.76. The molecule has 2 rings (SSSR count). The molecule has 0 radical (unpaired) electrons. The summed E-state index contributed by atoms with van der Waals surface area (Å²) >= 11 is 0. The Hall–Kier alpha value is -1.59. The number of carbonyl (C=O) groups is 1. The number of rotatable bonds is 7.